The molecule has 5 heteroatoms. The van der Waals surface area contributed by atoms with Gasteiger partial charge in [0.15, 0.2) is 0 Å². The first-order valence-electron chi connectivity index (χ1n) is 7.94. The molecule has 0 atom stereocenters. The number of aryl methyl sites for hydroxylation is 1. The van der Waals surface area contributed by atoms with E-state index in [2.05, 4.69) is 13.8 Å². The number of rotatable bonds is 9. The first-order chi connectivity index (χ1) is 10.2. The standard InChI is InChI=1S/C17H28O4S/c1-13(2)9-7-5-6-8-12-21-17-15(4)14(3)10-11-16(17)22(18,19)20/h10-11,13H,5-9,12H2,1-4H3,(H,18,19,20). The second-order valence-electron chi connectivity index (χ2n) is 6.25. The molecule has 0 saturated carbocycles. The second kappa shape index (κ2) is 8.53. The minimum Gasteiger partial charge on any atom is -0.492 e. The van der Waals surface area contributed by atoms with Crippen LogP contribution in [0.1, 0.15) is 57.1 Å². The Labute approximate surface area is 134 Å². The topological polar surface area (TPSA) is 63.6 Å². The highest BCUT2D eigenvalue weighted by molar-refractivity contribution is 7.86. The zero-order valence-corrected chi connectivity index (χ0v) is 14.9. The Morgan fingerprint density at radius 1 is 1.09 bits per heavy atom. The van der Waals surface area contributed by atoms with Crippen molar-refractivity contribution in [2.75, 3.05) is 6.61 Å². The number of unbranched alkanes of at least 4 members (excludes halogenated alkanes) is 3. The van der Waals surface area contributed by atoms with E-state index < -0.39 is 10.1 Å². The molecule has 1 rings (SSSR count). The molecule has 0 spiro atoms. The van der Waals surface area contributed by atoms with Gasteiger partial charge >= 0.3 is 0 Å². The summed E-state index contributed by atoms with van der Waals surface area (Å²) in [5.41, 5.74) is 1.70. The molecular weight excluding hydrogens is 300 g/mol. The molecule has 22 heavy (non-hydrogen) atoms. The second-order valence-corrected chi connectivity index (χ2v) is 7.64. The van der Waals surface area contributed by atoms with Crippen LogP contribution < -0.4 is 4.74 Å². The Bertz CT molecular complexity index is 577. The van der Waals surface area contributed by atoms with Crippen molar-refractivity contribution in [3.8, 4) is 5.75 Å². The minimum atomic E-state index is -4.26. The highest BCUT2D eigenvalue weighted by atomic mass is 32.2. The molecule has 4 nitrogen and oxygen atoms in total. The average molecular weight is 328 g/mol. The van der Waals surface area contributed by atoms with Crippen LogP contribution >= 0.6 is 0 Å². The molecule has 0 saturated heterocycles. The molecule has 0 aliphatic rings. The van der Waals surface area contributed by atoms with Gasteiger partial charge in [-0.1, -0.05) is 45.6 Å². The van der Waals surface area contributed by atoms with Gasteiger partial charge < -0.3 is 4.74 Å². The normalized spacial score (nSPS) is 11.9. The predicted octanol–water partition coefficient (Wildman–Crippen LogP) is 4.54. The number of ether oxygens (including phenoxy) is 1. The van der Waals surface area contributed by atoms with E-state index in [4.69, 9.17) is 4.74 Å². The van der Waals surface area contributed by atoms with Crippen molar-refractivity contribution in [1.82, 2.24) is 0 Å². The van der Waals surface area contributed by atoms with Crippen molar-refractivity contribution >= 4 is 10.1 Å². The van der Waals surface area contributed by atoms with E-state index in [1.165, 1.54) is 25.3 Å². The van der Waals surface area contributed by atoms with Gasteiger partial charge in [0.25, 0.3) is 10.1 Å². The SMILES string of the molecule is Cc1ccc(S(=O)(=O)O)c(OCCCCCCC(C)C)c1C. The van der Waals surface area contributed by atoms with Crippen LogP contribution in [0.4, 0.5) is 0 Å². The average Bonchev–Trinajstić information content (AvgIpc) is 2.40. The van der Waals surface area contributed by atoms with Crippen LogP contribution in [0, 0.1) is 19.8 Å². The Balaban J connectivity index is 2.57. The first-order valence-corrected chi connectivity index (χ1v) is 9.38. The monoisotopic (exact) mass is 328 g/mol. The summed E-state index contributed by atoms with van der Waals surface area (Å²) in [6.07, 6.45) is 5.58. The van der Waals surface area contributed by atoms with Crippen LogP contribution in [0.25, 0.3) is 0 Å². The molecule has 1 aromatic carbocycles. The van der Waals surface area contributed by atoms with Crippen LogP contribution in [-0.4, -0.2) is 19.6 Å². The Morgan fingerprint density at radius 3 is 2.32 bits per heavy atom. The van der Waals surface area contributed by atoms with Gasteiger partial charge in [0.05, 0.1) is 6.61 Å². The van der Waals surface area contributed by atoms with E-state index in [0.29, 0.717) is 6.61 Å². The molecule has 1 aromatic rings. The molecular formula is C17H28O4S. The van der Waals surface area contributed by atoms with Crippen molar-refractivity contribution in [3.63, 3.8) is 0 Å². The minimum absolute atomic E-state index is 0.143. The van der Waals surface area contributed by atoms with E-state index in [9.17, 15) is 13.0 Å². The third kappa shape index (κ3) is 5.97. The summed E-state index contributed by atoms with van der Waals surface area (Å²) in [7, 11) is -4.26. The van der Waals surface area contributed by atoms with Crippen LogP contribution in [0.3, 0.4) is 0 Å². The van der Waals surface area contributed by atoms with Gasteiger partial charge in [-0.25, -0.2) is 0 Å². The zero-order chi connectivity index (χ0) is 16.8. The molecule has 0 amide bonds. The van der Waals surface area contributed by atoms with Crippen molar-refractivity contribution in [1.29, 1.82) is 0 Å². The molecule has 0 heterocycles. The Kier molecular flexibility index (Phi) is 7.36. The van der Waals surface area contributed by atoms with Gasteiger partial charge in [-0.3, -0.25) is 4.55 Å². The van der Waals surface area contributed by atoms with E-state index in [1.807, 2.05) is 13.8 Å². The number of hydrogen-bond donors (Lipinski definition) is 1. The molecule has 0 fully saturated rings. The molecule has 0 aromatic heterocycles. The highest BCUT2D eigenvalue weighted by Crippen LogP contribution is 2.30. The van der Waals surface area contributed by atoms with Crippen molar-refractivity contribution in [3.05, 3.63) is 23.3 Å². The Hall–Kier alpha value is -1.07. The molecule has 0 aliphatic carbocycles. The molecule has 126 valence electrons. The number of benzene rings is 1. The van der Waals surface area contributed by atoms with Crippen LogP contribution in [0.2, 0.25) is 0 Å². The van der Waals surface area contributed by atoms with E-state index in [1.54, 1.807) is 6.07 Å². The van der Waals surface area contributed by atoms with Crippen molar-refractivity contribution in [2.45, 2.75) is 64.7 Å². The predicted molar refractivity (Wildman–Crippen MR) is 89.1 cm³/mol. The maximum atomic E-state index is 11.4. The maximum absolute atomic E-state index is 11.4. The lowest BCUT2D eigenvalue weighted by atomic mass is 10.0. The van der Waals surface area contributed by atoms with Crippen molar-refractivity contribution < 1.29 is 17.7 Å². The zero-order valence-electron chi connectivity index (χ0n) is 14.1. The van der Waals surface area contributed by atoms with Gasteiger partial charge in [-0.05, 0) is 43.4 Å². The van der Waals surface area contributed by atoms with E-state index in [-0.39, 0.29) is 10.6 Å². The molecule has 0 bridgehead atoms. The summed E-state index contributed by atoms with van der Waals surface area (Å²) >= 11 is 0. The largest absolute Gasteiger partial charge is 0.492 e. The van der Waals surface area contributed by atoms with Gasteiger partial charge in [0.1, 0.15) is 10.6 Å². The summed E-state index contributed by atoms with van der Waals surface area (Å²) in [6.45, 7) is 8.61. The highest BCUT2D eigenvalue weighted by Gasteiger charge is 2.19. The van der Waals surface area contributed by atoms with Crippen molar-refractivity contribution in [2.24, 2.45) is 5.92 Å². The molecule has 0 radical (unpaired) electrons. The molecule has 0 aliphatic heterocycles. The fourth-order valence-electron chi connectivity index (χ4n) is 2.33. The Morgan fingerprint density at radius 2 is 1.73 bits per heavy atom. The van der Waals surface area contributed by atoms with Crippen LogP contribution in [0.15, 0.2) is 17.0 Å². The summed E-state index contributed by atoms with van der Waals surface area (Å²) in [4.78, 5) is -0.143. The quantitative estimate of drug-likeness (QED) is 0.534. The third-order valence-corrected chi connectivity index (χ3v) is 4.72. The van der Waals surface area contributed by atoms with Crippen LogP contribution in [-0.2, 0) is 10.1 Å². The first kappa shape index (κ1) is 19.0. The van der Waals surface area contributed by atoms with Crippen LogP contribution in [0.5, 0.6) is 5.75 Å². The summed E-state index contributed by atoms with van der Waals surface area (Å²) in [5, 5.41) is 0. The van der Waals surface area contributed by atoms with E-state index in [0.717, 1.165) is 29.9 Å². The fourth-order valence-corrected chi connectivity index (χ4v) is 3.02. The lowest BCUT2D eigenvalue weighted by Crippen LogP contribution is -2.07. The fraction of sp³-hybridized carbons (Fsp3) is 0.647. The lowest BCUT2D eigenvalue weighted by molar-refractivity contribution is 0.293. The maximum Gasteiger partial charge on any atom is 0.298 e. The number of hydrogen-bond acceptors (Lipinski definition) is 3. The smallest absolute Gasteiger partial charge is 0.298 e. The third-order valence-electron chi connectivity index (χ3n) is 3.84. The van der Waals surface area contributed by atoms with Gasteiger partial charge in [0.2, 0.25) is 0 Å². The lowest BCUT2D eigenvalue weighted by Gasteiger charge is -2.14. The summed E-state index contributed by atoms with van der Waals surface area (Å²) in [5.74, 6) is 1.02. The molecule has 1 N–H and O–H groups in total. The molecule has 0 unspecified atom stereocenters. The van der Waals surface area contributed by atoms with E-state index >= 15 is 0 Å². The van der Waals surface area contributed by atoms with Gasteiger partial charge in [-0.2, -0.15) is 8.42 Å². The summed E-state index contributed by atoms with van der Waals surface area (Å²) in [6, 6.07) is 3.08. The van der Waals surface area contributed by atoms with Gasteiger partial charge in [-0.15, -0.1) is 0 Å². The summed E-state index contributed by atoms with van der Waals surface area (Å²) < 4.78 is 37.8. The van der Waals surface area contributed by atoms with Gasteiger partial charge in [0, 0.05) is 0 Å².